The van der Waals surface area contributed by atoms with E-state index in [1.807, 2.05) is 0 Å². The largest absolute Gasteiger partial charge is 0.385 e. The molecule has 0 aliphatic rings. The standard InChI is InChI=1S/C35H72NO2/c1-5-7-9-11-13-15-17-18-19-20-21-22-24-26-28-30-32-38-34-35(37)33-36(3,4)31-29-27-25-23-16-14-12-10-8-6-2/h18-19,35,37H,5-17,20-34H2,1-4H3/q+1. The average molecular weight is 539 g/mol. The van der Waals surface area contributed by atoms with Gasteiger partial charge in [0, 0.05) is 6.61 Å². The molecule has 0 aromatic heterocycles. The van der Waals surface area contributed by atoms with Gasteiger partial charge < -0.3 is 14.3 Å². The second kappa shape index (κ2) is 29.6. The number of hydrogen-bond acceptors (Lipinski definition) is 2. The molecule has 1 atom stereocenters. The molecule has 0 amide bonds. The van der Waals surface area contributed by atoms with Gasteiger partial charge in [-0.1, -0.05) is 135 Å². The summed E-state index contributed by atoms with van der Waals surface area (Å²) in [5.74, 6) is 0. The summed E-state index contributed by atoms with van der Waals surface area (Å²) in [5.41, 5.74) is 0. The van der Waals surface area contributed by atoms with Crippen molar-refractivity contribution in [3.8, 4) is 0 Å². The molecule has 0 aromatic carbocycles. The number of likely N-dealkylation sites (N-methyl/N-ethyl adjacent to an activating group) is 1. The number of aliphatic hydroxyl groups is 1. The predicted molar refractivity (Wildman–Crippen MR) is 170 cm³/mol. The highest BCUT2D eigenvalue weighted by atomic mass is 16.5. The van der Waals surface area contributed by atoms with E-state index in [4.69, 9.17) is 4.74 Å². The number of quaternary nitrogens is 1. The molecule has 0 radical (unpaired) electrons. The van der Waals surface area contributed by atoms with Crippen molar-refractivity contribution in [1.82, 2.24) is 0 Å². The smallest absolute Gasteiger partial charge is 0.126 e. The van der Waals surface area contributed by atoms with Crippen LogP contribution in [0, 0.1) is 0 Å². The second-order valence-corrected chi connectivity index (χ2v) is 12.7. The molecule has 0 aliphatic carbocycles. The Morgan fingerprint density at radius 3 is 1.42 bits per heavy atom. The zero-order valence-corrected chi connectivity index (χ0v) is 26.8. The van der Waals surface area contributed by atoms with E-state index < -0.39 is 0 Å². The maximum absolute atomic E-state index is 10.4. The van der Waals surface area contributed by atoms with Crippen LogP contribution in [0.1, 0.15) is 168 Å². The molecular formula is C35H72NO2+. The maximum atomic E-state index is 10.4. The van der Waals surface area contributed by atoms with Gasteiger partial charge in [-0.2, -0.15) is 0 Å². The first-order chi connectivity index (χ1) is 18.5. The molecule has 228 valence electrons. The highest BCUT2D eigenvalue weighted by molar-refractivity contribution is 4.81. The number of rotatable bonds is 31. The van der Waals surface area contributed by atoms with Crippen LogP contribution < -0.4 is 0 Å². The van der Waals surface area contributed by atoms with E-state index in [0.717, 1.165) is 30.6 Å². The lowest BCUT2D eigenvalue weighted by atomic mass is 10.1. The van der Waals surface area contributed by atoms with Crippen LogP contribution in [0.2, 0.25) is 0 Å². The molecule has 0 spiro atoms. The fourth-order valence-electron chi connectivity index (χ4n) is 5.41. The maximum Gasteiger partial charge on any atom is 0.126 e. The quantitative estimate of drug-likeness (QED) is 0.0540. The van der Waals surface area contributed by atoms with Gasteiger partial charge in [0.15, 0.2) is 0 Å². The Kier molecular flexibility index (Phi) is 29.3. The summed E-state index contributed by atoms with van der Waals surface area (Å²) in [6.45, 7) is 7.81. The van der Waals surface area contributed by atoms with Gasteiger partial charge in [-0.25, -0.2) is 0 Å². The third kappa shape index (κ3) is 30.2. The first kappa shape index (κ1) is 37.6. The third-order valence-electron chi connectivity index (χ3n) is 7.93. The van der Waals surface area contributed by atoms with E-state index in [2.05, 4.69) is 40.1 Å². The molecule has 0 aromatic rings. The fourth-order valence-corrected chi connectivity index (χ4v) is 5.41. The number of nitrogens with zero attached hydrogens (tertiary/aromatic N) is 1. The minimum atomic E-state index is -0.345. The topological polar surface area (TPSA) is 29.5 Å². The first-order valence-corrected chi connectivity index (χ1v) is 17.2. The zero-order valence-electron chi connectivity index (χ0n) is 26.8. The van der Waals surface area contributed by atoms with E-state index in [9.17, 15) is 5.11 Å². The van der Waals surface area contributed by atoms with E-state index in [1.165, 1.54) is 148 Å². The van der Waals surface area contributed by atoms with Crippen molar-refractivity contribution >= 4 is 0 Å². The van der Waals surface area contributed by atoms with Gasteiger partial charge >= 0.3 is 0 Å². The molecule has 0 aliphatic heterocycles. The molecule has 1 N–H and O–H groups in total. The van der Waals surface area contributed by atoms with Gasteiger partial charge in [0.25, 0.3) is 0 Å². The van der Waals surface area contributed by atoms with Crippen molar-refractivity contribution in [3.05, 3.63) is 12.2 Å². The molecule has 0 saturated heterocycles. The minimum Gasteiger partial charge on any atom is -0.385 e. The number of hydrogen-bond donors (Lipinski definition) is 1. The molecule has 0 heterocycles. The Balaban J connectivity index is 3.42. The van der Waals surface area contributed by atoms with Crippen molar-refractivity contribution in [2.75, 3.05) is 40.4 Å². The number of aliphatic hydroxyl groups excluding tert-OH is 1. The molecule has 3 nitrogen and oxygen atoms in total. The van der Waals surface area contributed by atoms with Gasteiger partial charge in [-0.15, -0.1) is 0 Å². The van der Waals surface area contributed by atoms with E-state index in [0.29, 0.717) is 6.61 Å². The van der Waals surface area contributed by atoms with Gasteiger partial charge in [-0.05, 0) is 44.9 Å². The summed E-state index contributed by atoms with van der Waals surface area (Å²) >= 11 is 0. The van der Waals surface area contributed by atoms with E-state index >= 15 is 0 Å². The summed E-state index contributed by atoms with van der Waals surface area (Å²) in [4.78, 5) is 0. The SMILES string of the molecule is CCCCCCCCC=CCCCCCCCCOCC(O)C[N+](C)(C)CCCCCCCCCCCC. The normalized spacial score (nSPS) is 13.1. The molecule has 0 fully saturated rings. The van der Waals surface area contributed by atoms with Gasteiger partial charge in [0.2, 0.25) is 0 Å². The summed E-state index contributed by atoms with van der Waals surface area (Å²) in [6, 6.07) is 0. The third-order valence-corrected chi connectivity index (χ3v) is 7.93. The molecule has 0 bridgehead atoms. The summed E-state index contributed by atoms with van der Waals surface area (Å²) in [5, 5.41) is 10.4. The van der Waals surface area contributed by atoms with Crippen LogP contribution >= 0.6 is 0 Å². The lowest BCUT2D eigenvalue weighted by Crippen LogP contribution is -2.47. The molecule has 3 heteroatoms. The molecule has 1 unspecified atom stereocenters. The van der Waals surface area contributed by atoms with Crippen molar-refractivity contribution < 1.29 is 14.3 Å². The van der Waals surface area contributed by atoms with Crippen molar-refractivity contribution in [3.63, 3.8) is 0 Å². The Morgan fingerprint density at radius 2 is 0.947 bits per heavy atom. The average Bonchev–Trinajstić information content (AvgIpc) is 2.88. The zero-order chi connectivity index (χ0) is 28.0. The minimum absolute atomic E-state index is 0.345. The number of allylic oxidation sites excluding steroid dienone is 2. The number of ether oxygens (including phenoxy) is 1. The first-order valence-electron chi connectivity index (χ1n) is 17.2. The molecular weight excluding hydrogens is 466 g/mol. The monoisotopic (exact) mass is 539 g/mol. The van der Waals surface area contributed by atoms with Gasteiger partial charge in [-0.3, -0.25) is 0 Å². The summed E-state index contributed by atoms with van der Waals surface area (Å²) in [6.07, 6.45) is 36.9. The van der Waals surface area contributed by atoms with Crippen LogP contribution in [0.4, 0.5) is 0 Å². The van der Waals surface area contributed by atoms with E-state index in [1.54, 1.807) is 0 Å². The highest BCUT2D eigenvalue weighted by Crippen LogP contribution is 2.13. The van der Waals surface area contributed by atoms with E-state index in [-0.39, 0.29) is 6.10 Å². The van der Waals surface area contributed by atoms with Crippen LogP contribution in [0.5, 0.6) is 0 Å². The molecule has 0 rings (SSSR count). The Morgan fingerprint density at radius 1 is 0.553 bits per heavy atom. The van der Waals surface area contributed by atoms with Crippen LogP contribution in [-0.2, 0) is 4.74 Å². The molecule has 38 heavy (non-hydrogen) atoms. The van der Waals surface area contributed by atoms with Crippen molar-refractivity contribution in [2.45, 2.75) is 174 Å². The van der Waals surface area contributed by atoms with Crippen molar-refractivity contribution in [1.29, 1.82) is 0 Å². The number of unbranched alkanes of at least 4 members (excludes halogenated alkanes) is 21. The fraction of sp³-hybridized carbons (Fsp3) is 0.943. The Bertz CT molecular complexity index is 477. The van der Waals surface area contributed by atoms with Gasteiger partial charge in [0.1, 0.15) is 12.6 Å². The lowest BCUT2D eigenvalue weighted by molar-refractivity contribution is -0.893. The molecule has 0 saturated carbocycles. The predicted octanol–water partition coefficient (Wildman–Crippen LogP) is 10.4. The second-order valence-electron chi connectivity index (χ2n) is 12.7. The Labute approximate surface area is 240 Å². The van der Waals surface area contributed by atoms with Crippen LogP contribution in [-0.4, -0.2) is 56.1 Å². The van der Waals surface area contributed by atoms with Crippen LogP contribution in [0.15, 0.2) is 12.2 Å². The highest BCUT2D eigenvalue weighted by Gasteiger charge is 2.20. The van der Waals surface area contributed by atoms with Crippen LogP contribution in [0.25, 0.3) is 0 Å². The van der Waals surface area contributed by atoms with Crippen LogP contribution in [0.3, 0.4) is 0 Å². The van der Waals surface area contributed by atoms with Crippen molar-refractivity contribution in [2.24, 2.45) is 0 Å². The summed E-state index contributed by atoms with van der Waals surface area (Å²) in [7, 11) is 4.50. The Hall–Kier alpha value is -0.380. The van der Waals surface area contributed by atoms with Gasteiger partial charge in [0.05, 0.1) is 27.2 Å². The summed E-state index contributed by atoms with van der Waals surface area (Å²) < 4.78 is 6.69. The lowest BCUT2D eigenvalue weighted by Gasteiger charge is -2.32.